The van der Waals surface area contributed by atoms with E-state index in [1.54, 1.807) is 13.2 Å². The predicted molar refractivity (Wildman–Crippen MR) is 127 cm³/mol. The van der Waals surface area contributed by atoms with Crippen LogP contribution in [-0.2, 0) is 16.1 Å². The number of carbonyl (C=O) groups excluding carboxylic acids is 1. The Morgan fingerprint density at radius 3 is 2.48 bits per heavy atom. The van der Waals surface area contributed by atoms with E-state index in [1.165, 1.54) is 0 Å². The molecule has 164 valence electrons. The number of benzene rings is 3. The van der Waals surface area contributed by atoms with E-state index in [1.807, 2.05) is 85.1 Å². The minimum absolute atomic E-state index is 0.280. The van der Waals surface area contributed by atoms with Gasteiger partial charge in [0.05, 0.1) is 13.7 Å². The normalized spacial score (nSPS) is 14.4. The van der Waals surface area contributed by atoms with Crippen molar-refractivity contribution < 1.29 is 19.0 Å². The summed E-state index contributed by atoms with van der Waals surface area (Å²) in [6, 6.07) is 25.0. The van der Waals surface area contributed by atoms with Crippen LogP contribution in [0.5, 0.6) is 11.5 Å². The number of hydrogen-bond donors (Lipinski definition) is 0. The highest BCUT2D eigenvalue weighted by Crippen LogP contribution is 2.28. The number of carbonyl (C=O) groups is 1. The van der Waals surface area contributed by atoms with Crippen molar-refractivity contribution in [3.05, 3.63) is 102 Å². The number of para-hydroxylation sites is 3. The molecule has 6 nitrogen and oxygen atoms in total. The highest BCUT2D eigenvalue weighted by Gasteiger charge is 2.24. The zero-order valence-corrected chi connectivity index (χ0v) is 18.1. The molecule has 0 unspecified atom stereocenters. The molecule has 1 aliphatic rings. The monoisotopic (exact) mass is 438 g/mol. The van der Waals surface area contributed by atoms with Gasteiger partial charge in [0, 0.05) is 28.2 Å². The highest BCUT2D eigenvalue weighted by molar-refractivity contribution is 6.13. The van der Waals surface area contributed by atoms with Crippen LogP contribution in [0.3, 0.4) is 0 Å². The maximum Gasteiger partial charge on any atom is 0.363 e. The van der Waals surface area contributed by atoms with Gasteiger partial charge in [0.2, 0.25) is 5.90 Å². The van der Waals surface area contributed by atoms with E-state index < -0.39 is 5.97 Å². The van der Waals surface area contributed by atoms with Crippen LogP contribution in [0.4, 0.5) is 0 Å². The molecule has 2 heterocycles. The second-order valence-corrected chi connectivity index (χ2v) is 7.50. The van der Waals surface area contributed by atoms with Gasteiger partial charge < -0.3 is 18.8 Å². The lowest BCUT2D eigenvalue weighted by molar-refractivity contribution is -0.129. The number of methoxy groups -OCH3 is 1. The first-order valence-corrected chi connectivity index (χ1v) is 10.6. The first-order chi connectivity index (χ1) is 16.2. The molecular formula is C27H22N2O4. The fourth-order valence-electron chi connectivity index (χ4n) is 3.83. The number of ether oxygens (including phenoxy) is 3. The molecule has 0 fully saturated rings. The molecule has 4 aromatic rings. The van der Waals surface area contributed by atoms with Gasteiger partial charge in [-0.3, -0.25) is 0 Å². The largest absolute Gasteiger partial charge is 0.493 e. The summed E-state index contributed by atoms with van der Waals surface area (Å²) in [6.45, 7) is 1.10. The van der Waals surface area contributed by atoms with Gasteiger partial charge in [-0.1, -0.05) is 48.5 Å². The van der Waals surface area contributed by atoms with Crippen LogP contribution in [0.25, 0.3) is 17.0 Å². The molecule has 1 aromatic heterocycles. The van der Waals surface area contributed by atoms with E-state index in [9.17, 15) is 4.79 Å². The smallest absolute Gasteiger partial charge is 0.363 e. The third kappa shape index (κ3) is 4.23. The lowest BCUT2D eigenvalue weighted by Crippen LogP contribution is -2.07. The van der Waals surface area contributed by atoms with Crippen LogP contribution in [0.1, 0.15) is 11.1 Å². The van der Waals surface area contributed by atoms with Gasteiger partial charge in [0.1, 0.15) is 6.61 Å². The molecule has 33 heavy (non-hydrogen) atoms. The first-order valence-electron chi connectivity index (χ1n) is 10.6. The molecule has 0 saturated carbocycles. The molecule has 0 N–H and O–H groups in total. The molecule has 0 saturated heterocycles. The van der Waals surface area contributed by atoms with Gasteiger partial charge in [0.25, 0.3) is 0 Å². The first kappa shape index (κ1) is 20.6. The van der Waals surface area contributed by atoms with Crippen molar-refractivity contribution >= 4 is 28.8 Å². The fourth-order valence-corrected chi connectivity index (χ4v) is 3.83. The van der Waals surface area contributed by atoms with E-state index in [-0.39, 0.29) is 5.70 Å². The molecule has 0 radical (unpaired) electrons. The van der Waals surface area contributed by atoms with Crippen molar-refractivity contribution in [2.24, 2.45) is 4.99 Å². The Bertz CT molecular complexity index is 1370. The summed E-state index contributed by atoms with van der Waals surface area (Å²) in [7, 11) is 1.63. The van der Waals surface area contributed by atoms with Gasteiger partial charge >= 0.3 is 5.97 Å². The lowest BCUT2D eigenvalue weighted by atomic mass is 10.1. The third-order valence-electron chi connectivity index (χ3n) is 5.41. The average molecular weight is 438 g/mol. The van der Waals surface area contributed by atoms with E-state index in [4.69, 9.17) is 14.2 Å². The van der Waals surface area contributed by atoms with E-state index in [2.05, 4.69) is 9.56 Å². The van der Waals surface area contributed by atoms with Crippen molar-refractivity contribution in [1.82, 2.24) is 4.57 Å². The van der Waals surface area contributed by atoms with Crippen LogP contribution >= 0.6 is 0 Å². The van der Waals surface area contributed by atoms with Crippen molar-refractivity contribution in [2.75, 3.05) is 13.7 Å². The summed E-state index contributed by atoms with van der Waals surface area (Å²) < 4.78 is 18.8. The second kappa shape index (κ2) is 9.04. The van der Waals surface area contributed by atoms with Crippen LogP contribution < -0.4 is 9.47 Å². The van der Waals surface area contributed by atoms with E-state index >= 15 is 0 Å². The van der Waals surface area contributed by atoms with Gasteiger partial charge in [-0.25, -0.2) is 9.79 Å². The topological polar surface area (TPSA) is 62.1 Å². The van der Waals surface area contributed by atoms with Crippen molar-refractivity contribution in [3.8, 4) is 11.5 Å². The van der Waals surface area contributed by atoms with E-state index in [0.29, 0.717) is 30.5 Å². The summed E-state index contributed by atoms with van der Waals surface area (Å²) in [4.78, 5) is 16.9. The van der Waals surface area contributed by atoms with Gasteiger partial charge in [-0.2, -0.15) is 0 Å². The zero-order chi connectivity index (χ0) is 22.6. The quantitative estimate of drug-likeness (QED) is 0.298. The Kier molecular flexibility index (Phi) is 5.64. The van der Waals surface area contributed by atoms with Crippen molar-refractivity contribution in [1.29, 1.82) is 0 Å². The van der Waals surface area contributed by atoms with Crippen molar-refractivity contribution in [2.45, 2.75) is 6.54 Å². The summed E-state index contributed by atoms with van der Waals surface area (Å²) in [5.74, 6) is 1.27. The maximum absolute atomic E-state index is 12.5. The Hall–Kier alpha value is -4.32. The van der Waals surface area contributed by atoms with Gasteiger partial charge in [-0.05, 0) is 36.4 Å². The Balaban J connectivity index is 1.41. The molecule has 3 aromatic carbocycles. The van der Waals surface area contributed by atoms with Crippen LogP contribution in [0.15, 0.2) is 95.7 Å². The number of nitrogens with zero attached hydrogens (tertiary/aromatic N) is 2. The molecule has 0 atom stereocenters. The fraction of sp³-hybridized carbons (Fsp3) is 0.111. The number of aliphatic imine (C=N–C) groups is 1. The number of rotatable bonds is 7. The SMILES string of the molecule is COc1ccccc1OCCn1cc(/C=C2/N=C(c3ccccc3)OC2=O)c2ccccc21. The number of fused-ring (bicyclic) bond motifs is 1. The lowest BCUT2D eigenvalue weighted by Gasteiger charge is -2.11. The number of cyclic esters (lactones) is 1. The van der Waals surface area contributed by atoms with Crippen LogP contribution in [0.2, 0.25) is 0 Å². The molecule has 0 bridgehead atoms. The summed E-state index contributed by atoms with van der Waals surface area (Å²) in [5.41, 5.74) is 2.99. The Morgan fingerprint density at radius 2 is 1.67 bits per heavy atom. The summed E-state index contributed by atoms with van der Waals surface area (Å²) >= 11 is 0. The highest BCUT2D eigenvalue weighted by atomic mass is 16.6. The maximum atomic E-state index is 12.5. The molecular weight excluding hydrogens is 416 g/mol. The summed E-state index contributed by atoms with van der Waals surface area (Å²) in [5, 5.41) is 1.03. The van der Waals surface area contributed by atoms with Gasteiger partial charge in [-0.15, -0.1) is 0 Å². The van der Waals surface area contributed by atoms with Gasteiger partial charge in [0.15, 0.2) is 17.2 Å². The van der Waals surface area contributed by atoms with Crippen molar-refractivity contribution in [3.63, 3.8) is 0 Å². The molecule has 0 aliphatic carbocycles. The third-order valence-corrected chi connectivity index (χ3v) is 5.41. The number of aromatic nitrogens is 1. The number of esters is 1. The summed E-state index contributed by atoms with van der Waals surface area (Å²) in [6.07, 6.45) is 3.78. The molecule has 1 aliphatic heterocycles. The molecule has 0 spiro atoms. The Morgan fingerprint density at radius 1 is 0.939 bits per heavy atom. The molecule has 0 amide bonds. The Labute approximate surface area is 191 Å². The standard InChI is InChI=1S/C27H22N2O4/c1-31-24-13-7-8-14-25(24)32-16-15-29-18-20(21-11-5-6-12-23(21)29)17-22-27(30)33-26(28-22)19-9-3-2-4-10-19/h2-14,17-18H,15-16H2,1H3/b22-17+. The zero-order valence-electron chi connectivity index (χ0n) is 18.1. The minimum atomic E-state index is -0.454. The minimum Gasteiger partial charge on any atom is -0.493 e. The second-order valence-electron chi connectivity index (χ2n) is 7.50. The predicted octanol–water partition coefficient (Wildman–Crippen LogP) is 5.07. The van der Waals surface area contributed by atoms with Crippen LogP contribution in [-0.4, -0.2) is 30.2 Å². The number of hydrogen-bond acceptors (Lipinski definition) is 5. The average Bonchev–Trinajstić information content (AvgIpc) is 3.40. The van der Waals surface area contributed by atoms with Crippen LogP contribution in [0, 0.1) is 0 Å². The van der Waals surface area contributed by atoms with E-state index in [0.717, 1.165) is 22.0 Å². The molecule has 6 heteroatoms. The molecule has 5 rings (SSSR count).